The van der Waals surface area contributed by atoms with Gasteiger partial charge in [0.1, 0.15) is 5.69 Å². The highest BCUT2D eigenvalue weighted by Gasteiger charge is 2.24. The Balaban J connectivity index is 1.63. The Kier molecular flexibility index (Phi) is 7.37. The van der Waals surface area contributed by atoms with E-state index in [9.17, 15) is 19.7 Å². The molecule has 1 heterocycles. The third-order valence-electron chi connectivity index (χ3n) is 5.04. The van der Waals surface area contributed by atoms with Crippen molar-refractivity contribution in [3.05, 3.63) is 58.1 Å². The van der Waals surface area contributed by atoms with Crippen LogP contribution in [0.3, 0.4) is 0 Å². The molecule has 0 unspecified atom stereocenters. The first kappa shape index (κ1) is 23.1. The largest absolute Gasteiger partial charge is 0.366 e. The molecule has 0 radical (unpaired) electrons. The second-order valence-corrected chi connectivity index (χ2v) is 8.19. The summed E-state index contributed by atoms with van der Waals surface area (Å²) in [5, 5.41) is 19.8. The first-order valence-corrected chi connectivity index (χ1v) is 10.7. The molecule has 0 aliphatic carbocycles. The van der Waals surface area contributed by atoms with E-state index < -0.39 is 10.8 Å². The van der Waals surface area contributed by atoms with Crippen LogP contribution in [0, 0.1) is 16.0 Å². The molecule has 168 valence electrons. The Hall–Kier alpha value is -3.53. The molecule has 0 bridgehead atoms. The van der Waals surface area contributed by atoms with Gasteiger partial charge in [0.25, 0.3) is 11.6 Å². The van der Waals surface area contributed by atoms with E-state index in [-0.39, 0.29) is 28.2 Å². The van der Waals surface area contributed by atoms with Gasteiger partial charge in [0.15, 0.2) is 5.11 Å². The number of carbonyl (C=O) groups excluding carboxylic acids is 2. The predicted octanol–water partition coefficient (Wildman–Crippen LogP) is 3.92. The van der Waals surface area contributed by atoms with E-state index in [1.807, 2.05) is 4.90 Å². The van der Waals surface area contributed by atoms with Crippen LogP contribution in [0.1, 0.15) is 37.0 Å². The van der Waals surface area contributed by atoms with Crippen LogP contribution in [0.25, 0.3) is 0 Å². The lowest BCUT2D eigenvalue weighted by Crippen LogP contribution is -2.34. The Morgan fingerprint density at radius 2 is 1.62 bits per heavy atom. The molecule has 1 fully saturated rings. The van der Waals surface area contributed by atoms with E-state index >= 15 is 0 Å². The second kappa shape index (κ2) is 10.2. The first-order chi connectivity index (χ1) is 15.2. The number of hydrogen-bond acceptors (Lipinski definition) is 6. The molecule has 1 aliphatic rings. The fraction of sp³-hybridized carbons (Fsp3) is 0.318. The Bertz CT molecular complexity index is 1030. The van der Waals surface area contributed by atoms with Gasteiger partial charge in [0.2, 0.25) is 5.91 Å². The minimum Gasteiger partial charge on any atom is -0.366 e. The number of hydrogen-bond donors (Lipinski definition) is 3. The van der Waals surface area contributed by atoms with Gasteiger partial charge in [-0.2, -0.15) is 0 Å². The minimum atomic E-state index is -0.542. The summed E-state index contributed by atoms with van der Waals surface area (Å²) < 4.78 is 0. The summed E-state index contributed by atoms with van der Waals surface area (Å²) in [5.41, 5.74) is 1.84. The molecule has 2 amide bonds. The summed E-state index contributed by atoms with van der Waals surface area (Å²) in [7, 11) is 0. The molecule has 32 heavy (non-hydrogen) atoms. The molecule has 3 N–H and O–H groups in total. The summed E-state index contributed by atoms with van der Waals surface area (Å²) in [4.78, 5) is 37.3. The summed E-state index contributed by atoms with van der Waals surface area (Å²) in [6.07, 6.45) is 1.98. The monoisotopic (exact) mass is 455 g/mol. The average molecular weight is 456 g/mol. The first-order valence-electron chi connectivity index (χ1n) is 10.3. The smallest absolute Gasteiger partial charge is 0.293 e. The average Bonchev–Trinajstić information content (AvgIpc) is 3.29. The zero-order valence-corrected chi connectivity index (χ0v) is 18.7. The van der Waals surface area contributed by atoms with Crippen molar-refractivity contribution in [3.63, 3.8) is 0 Å². The Morgan fingerprint density at radius 3 is 2.19 bits per heavy atom. The topological polar surface area (TPSA) is 117 Å². The van der Waals surface area contributed by atoms with Gasteiger partial charge in [-0.3, -0.25) is 25.0 Å². The van der Waals surface area contributed by atoms with Crippen molar-refractivity contribution in [3.8, 4) is 0 Å². The van der Waals surface area contributed by atoms with Crippen LogP contribution in [-0.4, -0.2) is 34.9 Å². The van der Waals surface area contributed by atoms with Gasteiger partial charge in [0, 0.05) is 42.0 Å². The summed E-state index contributed by atoms with van der Waals surface area (Å²) in [6.45, 7) is 5.14. The second-order valence-electron chi connectivity index (χ2n) is 7.78. The van der Waals surface area contributed by atoms with Gasteiger partial charge in [-0.05, 0) is 61.5 Å². The standard InChI is InChI=1S/C22H25N5O4S/c1-14(2)20(28)23-16-6-8-17(9-7-16)24-22(32)25-21(29)15-5-10-18(19(13-15)27(30)31)26-11-3-4-12-26/h5-10,13-14H,3-4,11-12H2,1-2H3,(H,23,28)(H2,24,25,29,32). The molecule has 0 atom stereocenters. The van der Waals surface area contributed by atoms with Crippen molar-refractivity contribution in [2.45, 2.75) is 26.7 Å². The van der Waals surface area contributed by atoms with Crippen molar-refractivity contribution in [2.75, 3.05) is 28.6 Å². The van der Waals surface area contributed by atoms with Crippen LogP contribution in [0.4, 0.5) is 22.7 Å². The zero-order chi connectivity index (χ0) is 23.3. The van der Waals surface area contributed by atoms with Gasteiger partial charge < -0.3 is 15.5 Å². The number of anilines is 3. The molecular formula is C22H25N5O4S. The van der Waals surface area contributed by atoms with Crippen molar-refractivity contribution in [2.24, 2.45) is 5.92 Å². The molecule has 9 nitrogen and oxygen atoms in total. The third-order valence-corrected chi connectivity index (χ3v) is 5.25. The van der Waals surface area contributed by atoms with Gasteiger partial charge in [-0.15, -0.1) is 0 Å². The van der Waals surface area contributed by atoms with Crippen LogP contribution in [0.2, 0.25) is 0 Å². The SMILES string of the molecule is CC(C)C(=O)Nc1ccc(NC(=S)NC(=O)c2ccc(N3CCCC3)c([N+](=O)[O-])c2)cc1. The maximum absolute atomic E-state index is 12.6. The minimum absolute atomic E-state index is 0.0558. The maximum atomic E-state index is 12.6. The molecule has 1 saturated heterocycles. The number of nitro benzene ring substituents is 1. The van der Waals surface area contributed by atoms with Crippen LogP contribution < -0.4 is 20.9 Å². The third kappa shape index (κ3) is 5.79. The van der Waals surface area contributed by atoms with Crippen molar-refractivity contribution in [1.29, 1.82) is 0 Å². The molecule has 1 aliphatic heterocycles. The van der Waals surface area contributed by atoms with Crippen molar-refractivity contribution >= 4 is 51.9 Å². The summed E-state index contributed by atoms with van der Waals surface area (Å²) >= 11 is 5.19. The molecule has 0 saturated carbocycles. The molecule has 2 aromatic carbocycles. The maximum Gasteiger partial charge on any atom is 0.293 e. The molecule has 2 aromatic rings. The molecule has 3 rings (SSSR count). The normalized spacial score (nSPS) is 13.0. The Labute approximate surface area is 191 Å². The predicted molar refractivity (Wildman–Crippen MR) is 128 cm³/mol. The molecule has 0 spiro atoms. The van der Waals surface area contributed by atoms with Crippen molar-refractivity contribution in [1.82, 2.24) is 5.32 Å². The fourth-order valence-corrected chi connectivity index (χ4v) is 3.51. The van der Waals surface area contributed by atoms with E-state index in [1.165, 1.54) is 6.07 Å². The number of nitrogens with one attached hydrogen (secondary N) is 3. The van der Waals surface area contributed by atoms with E-state index in [2.05, 4.69) is 16.0 Å². The quantitative estimate of drug-likeness (QED) is 0.343. The number of nitro groups is 1. The lowest BCUT2D eigenvalue weighted by molar-refractivity contribution is -0.384. The van der Waals surface area contributed by atoms with Gasteiger partial charge in [0.05, 0.1) is 4.92 Å². The highest BCUT2D eigenvalue weighted by atomic mass is 32.1. The molecular weight excluding hydrogens is 430 g/mol. The van der Waals surface area contributed by atoms with Crippen LogP contribution in [0.5, 0.6) is 0 Å². The summed E-state index contributed by atoms with van der Waals surface area (Å²) in [5.74, 6) is -0.756. The van der Waals surface area contributed by atoms with E-state index in [0.717, 1.165) is 25.9 Å². The van der Waals surface area contributed by atoms with Gasteiger partial charge >= 0.3 is 0 Å². The molecule has 0 aromatic heterocycles. The van der Waals surface area contributed by atoms with E-state index in [1.54, 1.807) is 50.2 Å². The summed E-state index contributed by atoms with van der Waals surface area (Å²) in [6, 6.07) is 11.3. The van der Waals surface area contributed by atoms with Crippen LogP contribution >= 0.6 is 12.2 Å². The highest BCUT2D eigenvalue weighted by Crippen LogP contribution is 2.31. The molecule has 10 heteroatoms. The van der Waals surface area contributed by atoms with Gasteiger partial charge in [-0.25, -0.2) is 0 Å². The number of amides is 2. The van der Waals surface area contributed by atoms with E-state index in [4.69, 9.17) is 12.2 Å². The van der Waals surface area contributed by atoms with Crippen LogP contribution in [0.15, 0.2) is 42.5 Å². The number of rotatable bonds is 6. The lowest BCUT2D eigenvalue weighted by Gasteiger charge is -2.18. The van der Waals surface area contributed by atoms with Gasteiger partial charge in [-0.1, -0.05) is 13.8 Å². The number of thiocarbonyl (C=S) groups is 1. The zero-order valence-electron chi connectivity index (χ0n) is 17.9. The number of benzene rings is 2. The Morgan fingerprint density at radius 1 is 1.03 bits per heavy atom. The highest BCUT2D eigenvalue weighted by molar-refractivity contribution is 7.80. The lowest BCUT2D eigenvalue weighted by atomic mass is 10.1. The number of carbonyl (C=O) groups is 2. The van der Waals surface area contributed by atoms with E-state index in [0.29, 0.717) is 17.1 Å². The van der Waals surface area contributed by atoms with Crippen molar-refractivity contribution < 1.29 is 14.5 Å². The number of nitrogens with zero attached hydrogens (tertiary/aromatic N) is 2. The fourth-order valence-electron chi connectivity index (χ4n) is 3.30. The van der Waals surface area contributed by atoms with Crippen LogP contribution in [-0.2, 0) is 4.79 Å².